The molecule has 0 fully saturated rings. The number of carboxylic acids is 1. The molecule has 0 aromatic heterocycles. The highest BCUT2D eigenvalue weighted by Gasteiger charge is 2.23. The Labute approximate surface area is 163 Å². The molecule has 2 aromatic carbocycles. The fourth-order valence-corrected chi connectivity index (χ4v) is 3.21. The summed E-state index contributed by atoms with van der Waals surface area (Å²) in [5, 5.41) is 14.6. The van der Waals surface area contributed by atoms with Crippen molar-refractivity contribution in [2.75, 3.05) is 11.9 Å². The van der Waals surface area contributed by atoms with Gasteiger partial charge < -0.3 is 20.6 Å². The molecular weight excluding hydrogens is 358 g/mol. The van der Waals surface area contributed by atoms with E-state index in [0.29, 0.717) is 30.8 Å². The lowest BCUT2D eigenvalue weighted by molar-refractivity contribution is 0.0696. The van der Waals surface area contributed by atoms with E-state index < -0.39 is 5.97 Å². The number of amides is 3. The van der Waals surface area contributed by atoms with Crippen molar-refractivity contribution in [3.63, 3.8) is 0 Å². The summed E-state index contributed by atoms with van der Waals surface area (Å²) in [5.41, 5.74) is 3.14. The second kappa shape index (κ2) is 8.12. The number of rotatable bonds is 4. The molecule has 0 bridgehead atoms. The van der Waals surface area contributed by atoms with Crippen molar-refractivity contribution in [2.24, 2.45) is 0 Å². The Hall–Kier alpha value is -3.35. The van der Waals surface area contributed by atoms with Crippen LogP contribution >= 0.6 is 0 Å². The Morgan fingerprint density at radius 3 is 2.54 bits per heavy atom. The van der Waals surface area contributed by atoms with Crippen molar-refractivity contribution in [3.8, 4) is 0 Å². The van der Waals surface area contributed by atoms with Gasteiger partial charge in [-0.2, -0.15) is 0 Å². The first-order valence-electron chi connectivity index (χ1n) is 9.15. The molecule has 7 heteroatoms. The van der Waals surface area contributed by atoms with Crippen LogP contribution in [-0.2, 0) is 13.0 Å². The number of aromatic carboxylic acids is 1. The maximum atomic E-state index is 12.9. The Morgan fingerprint density at radius 1 is 1.04 bits per heavy atom. The predicted octanol–water partition coefficient (Wildman–Crippen LogP) is 3.11. The lowest BCUT2D eigenvalue weighted by atomic mass is 9.97. The second-order valence-corrected chi connectivity index (χ2v) is 7.10. The van der Waals surface area contributed by atoms with Gasteiger partial charge in [0.25, 0.3) is 5.91 Å². The number of fused-ring (bicyclic) bond motifs is 1. The molecule has 1 aliphatic rings. The standard InChI is InChI=1S/C21H23N3O4/c1-13(2)22-21(28)23-18-5-3-4-15(11-18)19(25)24-9-8-14-6-7-16(20(26)27)10-17(14)12-24/h3-7,10-11,13H,8-9,12H2,1-2H3,(H,26,27)(H2,22,23,28). The van der Waals surface area contributed by atoms with Gasteiger partial charge in [0.15, 0.2) is 0 Å². The third kappa shape index (κ3) is 4.49. The third-order valence-electron chi connectivity index (χ3n) is 4.54. The summed E-state index contributed by atoms with van der Waals surface area (Å²) in [5.74, 6) is -1.14. The fraction of sp³-hybridized carbons (Fsp3) is 0.286. The van der Waals surface area contributed by atoms with E-state index >= 15 is 0 Å². The van der Waals surface area contributed by atoms with Gasteiger partial charge >= 0.3 is 12.0 Å². The Balaban J connectivity index is 1.74. The molecular formula is C21H23N3O4. The number of hydrogen-bond acceptors (Lipinski definition) is 3. The first-order chi connectivity index (χ1) is 13.3. The van der Waals surface area contributed by atoms with E-state index in [9.17, 15) is 19.5 Å². The quantitative estimate of drug-likeness (QED) is 0.758. The molecule has 0 saturated heterocycles. The summed E-state index contributed by atoms with van der Waals surface area (Å²) < 4.78 is 0. The lowest BCUT2D eigenvalue weighted by Gasteiger charge is -2.29. The highest BCUT2D eigenvalue weighted by molar-refractivity contribution is 5.97. The first-order valence-corrected chi connectivity index (χ1v) is 9.15. The minimum absolute atomic E-state index is 0.00826. The second-order valence-electron chi connectivity index (χ2n) is 7.10. The Bertz CT molecular complexity index is 924. The van der Waals surface area contributed by atoms with E-state index in [4.69, 9.17) is 0 Å². The molecule has 146 valence electrons. The van der Waals surface area contributed by atoms with Gasteiger partial charge in [0.1, 0.15) is 0 Å². The van der Waals surface area contributed by atoms with Crippen LogP contribution in [0.1, 0.15) is 45.7 Å². The summed E-state index contributed by atoms with van der Waals surface area (Å²) in [6.07, 6.45) is 0.676. The minimum Gasteiger partial charge on any atom is -0.478 e. The van der Waals surface area contributed by atoms with Gasteiger partial charge in [0, 0.05) is 30.4 Å². The minimum atomic E-state index is -0.982. The third-order valence-corrected chi connectivity index (χ3v) is 4.54. The highest BCUT2D eigenvalue weighted by Crippen LogP contribution is 2.23. The lowest BCUT2D eigenvalue weighted by Crippen LogP contribution is -2.36. The maximum absolute atomic E-state index is 12.9. The molecule has 1 heterocycles. The van der Waals surface area contributed by atoms with E-state index in [-0.39, 0.29) is 23.5 Å². The monoisotopic (exact) mass is 381 g/mol. The van der Waals surface area contributed by atoms with Gasteiger partial charge in [-0.05, 0) is 61.7 Å². The molecule has 3 N–H and O–H groups in total. The van der Waals surface area contributed by atoms with Gasteiger partial charge in [-0.25, -0.2) is 9.59 Å². The molecule has 3 rings (SSSR count). The molecule has 0 aliphatic carbocycles. The van der Waals surface area contributed by atoms with Crippen molar-refractivity contribution < 1.29 is 19.5 Å². The van der Waals surface area contributed by atoms with Gasteiger partial charge in [-0.3, -0.25) is 4.79 Å². The number of benzene rings is 2. The fourth-order valence-electron chi connectivity index (χ4n) is 3.21. The normalized spacial score (nSPS) is 13.0. The van der Waals surface area contributed by atoms with Gasteiger partial charge in [0.05, 0.1) is 5.56 Å². The number of anilines is 1. The molecule has 3 amide bonds. The Morgan fingerprint density at radius 2 is 1.82 bits per heavy atom. The zero-order chi connectivity index (χ0) is 20.3. The van der Waals surface area contributed by atoms with Crippen LogP contribution in [-0.4, -0.2) is 40.5 Å². The van der Waals surface area contributed by atoms with Crippen molar-refractivity contribution >= 4 is 23.6 Å². The molecule has 0 atom stereocenters. The van der Waals surface area contributed by atoms with E-state index in [1.807, 2.05) is 19.9 Å². The van der Waals surface area contributed by atoms with Crippen LogP contribution in [0.2, 0.25) is 0 Å². The largest absolute Gasteiger partial charge is 0.478 e. The number of carbonyl (C=O) groups excluding carboxylic acids is 2. The van der Waals surface area contributed by atoms with Crippen LogP contribution < -0.4 is 10.6 Å². The maximum Gasteiger partial charge on any atom is 0.335 e. The number of hydrogen-bond donors (Lipinski definition) is 3. The topological polar surface area (TPSA) is 98.7 Å². The van der Waals surface area contributed by atoms with Crippen LogP contribution in [0, 0.1) is 0 Å². The average Bonchev–Trinajstić information content (AvgIpc) is 2.66. The Kier molecular flexibility index (Phi) is 5.63. The smallest absolute Gasteiger partial charge is 0.335 e. The van der Waals surface area contributed by atoms with Crippen molar-refractivity contribution in [1.82, 2.24) is 10.2 Å². The van der Waals surface area contributed by atoms with Crippen LogP contribution in [0.15, 0.2) is 42.5 Å². The van der Waals surface area contributed by atoms with Crippen molar-refractivity contribution in [1.29, 1.82) is 0 Å². The number of carbonyl (C=O) groups is 3. The van der Waals surface area contributed by atoms with Crippen molar-refractivity contribution in [3.05, 3.63) is 64.7 Å². The zero-order valence-electron chi connectivity index (χ0n) is 15.9. The van der Waals surface area contributed by atoms with Crippen molar-refractivity contribution in [2.45, 2.75) is 32.9 Å². The van der Waals surface area contributed by atoms with Crippen LogP contribution in [0.5, 0.6) is 0 Å². The number of carboxylic acid groups (broad SMARTS) is 1. The number of nitrogens with one attached hydrogen (secondary N) is 2. The van der Waals surface area contributed by atoms with Crippen LogP contribution in [0.4, 0.5) is 10.5 Å². The molecule has 0 radical (unpaired) electrons. The summed E-state index contributed by atoms with van der Waals surface area (Å²) >= 11 is 0. The molecule has 0 unspecified atom stereocenters. The van der Waals surface area contributed by atoms with Crippen LogP contribution in [0.25, 0.3) is 0 Å². The van der Waals surface area contributed by atoms with E-state index in [0.717, 1.165) is 11.1 Å². The molecule has 0 saturated carbocycles. The van der Waals surface area contributed by atoms with Gasteiger partial charge in [0.2, 0.25) is 0 Å². The predicted molar refractivity (Wildman–Crippen MR) is 106 cm³/mol. The van der Waals surface area contributed by atoms with E-state index in [1.54, 1.807) is 41.3 Å². The van der Waals surface area contributed by atoms with Gasteiger partial charge in [-0.1, -0.05) is 12.1 Å². The molecule has 28 heavy (non-hydrogen) atoms. The SMILES string of the molecule is CC(C)NC(=O)Nc1cccc(C(=O)N2CCc3ccc(C(=O)O)cc3C2)c1. The summed E-state index contributed by atoms with van der Waals surface area (Å²) in [6.45, 7) is 4.65. The van der Waals surface area contributed by atoms with E-state index in [2.05, 4.69) is 10.6 Å². The van der Waals surface area contributed by atoms with Crippen LogP contribution in [0.3, 0.4) is 0 Å². The molecule has 0 spiro atoms. The van der Waals surface area contributed by atoms with E-state index in [1.165, 1.54) is 0 Å². The zero-order valence-corrected chi connectivity index (χ0v) is 15.9. The summed E-state index contributed by atoms with van der Waals surface area (Å²) in [4.78, 5) is 37.7. The molecule has 2 aromatic rings. The highest BCUT2D eigenvalue weighted by atomic mass is 16.4. The number of nitrogens with zero attached hydrogens (tertiary/aromatic N) is 1. The first kappa shape index (κ1) is 19.4. The summed E-state index contributed by atoms with van der Waals surface area (Å²) in [6, 6.07) is 11.5. The molecule has 1 aliphatic heterocycles. The summed E-state index contributed by atoms with van der Waals surface area (Å²) in [7, 11) is 0. The average molecular weight is 381 g/mol. The van der Waals surface area contributed by atoms with Gasteiger partial charge in [-0.15, -0.1) is 0 Å². The molecule has 7 nitrogen and oxygen atoms in total. The number of urea groups is 1.